The van der Waals surface area contributed by atoms with Crippen LogP contribution in [0.4, 0.5) is 0 Å². The second-order valence-corrected chi connectivity index (χ2v) is 10.3. The van der Waals surface area contributed by atoms with Crippen LogP contribution in [0.3, 0.4) is 0 Å². The molecular formula is C26H29ClN2O7S. The number of rotatable bonds is 10. The predicted octanol–water partition coefficient (Wildman–Crippen LogP) is 3.85. The van der Waals surface area contributed by atoms with Crippen LogP contribution in [-0.2, 0) is 36.8 Å². The number of pyridine rings is 1. The van der Waals surface area contributed by atoms with Gasteiger partial charge in [0.2, 0.25) is 5.91 Å². The normalized spacial score (nSPS) is 20.7. The van der Waals surface area contributed by atoms with Crippen molar-refractivity contribution in [1.29, 1.82) is 0 Å². The molecule has 9 nitrogen and oxygen atoms in total. The number of esters is 1. The van der Waals surface area contributed by atoms with E-state index in [9.17, 15) is 13.8 Å². The number of allylic oxidation sites excluding steroid dienone is 1. The number of carbonyl (C=O) groups is 2. The van der Waals surface area contributed by atoms with Gasteiger partial charge in [0, 0.05) is 36.4 Å². The summed E-state index contributed by atoms with van der Waals surface area (Å²) in [6.45, 7) is 2.78. The van der Waals surface area contributed by atoms with Gasteiger partial charge in [-0.05, 0) is 37.5 Å². The van der Waals surface area contributed by atoms with Crippen LogP contribution in [0.5, 0.6) is 5.75 Å². The third kappa shape index (κ3) is 6.95. The average Bonchev–Trinajstić information content (AvgIpc) is 3.39. The molecule has 2 aliphatic heterocycles. The summed E-state index contributed by atoms with van der Waals surface area (Å²) in [6.07, 6.45) is 3.41. The zero-order chi connectivity index (χ0) is 26.4. The Kier molecular flexibility index (Phi) is 9.31. The van der Waals surface area contributed by atoms with Crippen molar-refractivity contribution in [3.05, 3.63) is 70.1 Å². The summed E-state index contributed by atoms with van der Waals surface area (Å²) in [6, 6.07) is 10.4. The number of ether oxygens (including phenoxy) is 3. The van der Waals surface area contributed by atoms with E-state index in [1.54, 1.807) is 54.4 Å². The highest BCUT2D eigenvalue weighted by Gasteiger charge is 2.38. The van der Waals surface area contributed by atoms with Gasteiger partial charge in [0.1, 0.15) is 24.1 Å². The van der Waals surface area contributed by atoms with Crippen molar-refractivity contribution in [2.24, 2.45) is 0 Å². The molecule has 2 unspecified atom stereocenters. The van der Waals surface area contributed by atoms with E-state index in [4.69, 9.17) is 30.4 Å². The van der Waals surface area contributed by atoms with Crippen LogP contribution in [0.1, 0.15) is 43.2 Å². The first kappa shape index (κ1) is 27.3. The highest BCUT2D eigenvalue weighted by molar-refractivity contribution is 7.79. The third-order valence-corrected chi connectivity index (χ3v) is 7.19. The first-order valence-corrected chi connectivity index (χ1v) is 13.7. The van der Waals surface area contributed by atoms with E-state index in [-0.39, 0.29) is 37.4 Å². The highest BCUT2D eigenvalue weighted by Crippen LogP contribution is 2.38. The van der Waals surface area contributed by atoms with Crippen LogP contribution in [0.2, 0.25) is 5.15 Å². The molecule has 0 spiro atoms. The fourth-order valence-corrected chi connectivity index (χ4v) is 4.92. The number of halogens is 1. The molecule has 3 atom stereocenters. The first-order chi connectivity index (χ1) is 17.8. The molecule has 3 heterocycles. The Morgan fingerprint density at radius 2 is 2.11 bits per heavy atom. The number of hydrogen-bond donors (Lipinski definition) is 1. The molecule has 11 heteroatoms. The Balaban J connectivity index is 1.57. The summed E-state index contributed by atoms with van der Waals surface area (Å²) in [5.41, 5.74) is 2.23. The number of para-hydroxylation sites is 1. The molecule has 2 aliphatic rings. The van der Waals surface area contributed by atoms with Crippen molar-refractivity contribution in [2.45, 2.75) is 44.8 Å². The largest absolute Gasteiger partial charge is 0.492 e. The molecule has 0 bridgehead atoms. The molecular weight excluding hydrogens is 520 g/mol. The van der Waals surface area contributed by atoms with E-state index >= 15 is 0 Å². The van der Waals surface area contributed by atoms with Gasteiger partial charge in [-0.15, -0.1) is 0 Å². The molecule has 0 saturated carbocycles. The molecule has 1 aromatic heterocycles. The van der Waals surface area contributed by atoms with E-state index in [0.717, 1.165) is 12.8 Å². The van der Waals surface area contributed by atoms with Crippen molar-refractivity contribution in [1.82, 2.24) is 9.88 Å². The summed E-state index contributed by atoms with van der Waals surface area (Å²) in [7, 11) is 0. The van der Waals surface area contributed by atoms with Crippen molar-refractivity contribution >= 4 is 34.6 Å². The fourth-order valence-electron chi connectivity index (χ4n) is 4.58. The summed E-state index contributed by atoms with van der Waals surface area (Å²) in [5.74, 6) is -0.746. The van der Waals surface area contributed by atoms with Gasteiger partial charge in [0.15, 0.2) is 11.1 Å². The standard InChI is InChI=1S/C26H29ClN2O7S/c1-17-25(26(31)36-16-19-5-2-3-7-22(19)35-11-12-37(32)33)21(18-8-9-23(27)28-14-18)13-24(30)29(17)15-20-6-4-10-34-20/h2-3,5,7-9,14,20-21H,4,6,10-13,15-16H2,1H3,(H,32,33)/t20-,21?/m1/s1. The minimum absolute atomic E-state index is 0.0361. The van der Waals surface area contributed by atoms with Crippen LogP contribution in [0.25, 0.3) is 0 Å². The zero-order valence-electron chi connectivity index (χ0n) is 20.4. The van der Waals surface area contributed by atoms with E-state index in [1.165, 1.54) is 0 Å². The van der Waals surface area contributed by atoms with Crippen LogP contribution < -0.4 is 4.74 Å². The SMILES string of the molecule is CC1=C(C(=O)OCc2ccccc2OCCS(=O)O)C(c2ccc(Cl)nc2)CC(=O)N1C[C@H]1CCCO1. The molecule has 1 saturated heterocycles. The second kappa shape index (κ2) is 12.6. The molecule has 4 rings (SSSR count). The van der Waals surface area contributed by atoms with Crippen LogP contribution in [0, 0.1) is 0 Å². The number of amides is 1. The van der Waals surface area contributed by atoms with Crippen LogP contribution in [0.15, 0.2) is 53.9 Å². The van der Waals surface area contributed by atoms with Gasteiger partial charge in [-0.1, -0.05) is 35.9 Å². The first-order valence-electron chi connectivity index (χ1n) is 12.0. The number of nitrogens with zero attached hydrogens (tertiary/aromatic N) is 2. The lowest BCUT2D eigenvalue weighted by Gasteiger charge is -2.35. The van der Waals surface area contributed by atoms with Crippen molar-refractivity contribution in [2.75, 3.05) is 25.5 Å². The van der Waals surface area contributed by atoms with Crippen molar-refractivity contribution in [3.63, 3.8) is 0 Å². The Labute approximate surface area is 223 Å². The number of benzene rings is 1. The Bertz CT molecular complexity index is 1180. The maximum Gasteiger partial charge on any atom is 0.336 e. The molecule has 0 radical (unpaired) electrons. The van der Waals surface area contributed by atoms with Crippen molar-refractivity contribution in [3.8, 4) is 5.75 Å². The van der Waals surface area contributed by atoms with E-state index in [2.05, 4.69) is 4.98 Å². The lowest BCUT2D eigenvalue weighted by molar-refractivity contribution is -0.141. The molecule has 37 heavy (non-hydrogen) atoms. The van der Waals surface area contributed by atoms with E-state index in [1.807, 2.05) is 0 Å². The van der Waals surface area contributed by atoms with E-state index < -0.39 is 23.0 Å². The fraction of sp³-hybridized carbons (Fsp3) is 0.423. The van der Waals surface area contributed by atoms with Gasteiger partial charge in [-0.3, -0.25) is 4.79 Å². The molecule has 198 valence electrons. The second-order valence-electron chi connectivity index (χ2n) is 8.87. The summed E-state index contributed by atoms with van der Waals surface area (Å²) in [5, 5.41) is 0.317. The van der Waals surface area contributed by atoms with E-state index in [0.29, 0.717) is 46.5 Å². The van der Waals surface area contributed by atoms with Gasteiger partial charge in [0.05, 0.1) is 24.0 Å². The Morgan fingerprint density at radius 1 is 1.30 bits per heavy atom. The molecule has 1 N–H and O–H groups in total. The van der Waals surface area contributed by atoms with Crippen molar-refractivity contribution < 1.29 is 32.6 Å². The lowest BCUT2D eigenvalue weighted by Crippen LogP contribution is -2.42. The quantitative estimate of drug-likeness (QED) is 0.270. The predicted molar refractivity (Wildman–Crippen MR) is 137 cm³/mol. The maximum atomic E-state index is 13.5. The summed E-state index contributed by atoms with van der Waals surface area (Å²) < 4.78 is 37.0. The minimum Gasteiger partial charge on any atom is -0.492 e. The topological polar surface area (TPSA) is 115 Å². The number of carbonyl (C=O) groups excluding carboxylic acids is 2. The van der Waals surface area contributed by atoms with Gasteiger partial charge >= 0.3 is 5.97 Å². The third-order valence-electron chi connectivity index (χ3n) is 6.45. The molecule has 0 aliphatic carbocycles. The van der Waals surface area contributed by atoms with Gasteiger partial charge < -0.3 is 23.7 Å². The van der Waals surface area contributed by atoms with Gasteiger partial charge in [-0.25, -0.2) is 14.0 Å². The zero-order valence-corrected chi connectivity index (χ0v) is 22.0. The number of aromatic nitrogens is 1. The molecule has 1 amide bonds. The minimum atomic E-state index is -1.97. The summed E-state index contributed by atoms with van der Waals surface area (Å²) in [4.78, 5) is 32.5. The average molecular weight is 549 g/mol. The monoisotopic (exact) mass is 548 g/mol. The molecule has 1 aromatic carbocycles. The van der Waals surface area contributed by atoms with Crippen LogP contribution in [-0.4, -0.2) is 62.1 Å². The molecule has 2 aromatic rings. The molecule has 1 fully saturated rings. The smallest absolute Gasteiger partial charge is 0.336 e. The maximum absolute atomic E-state index is 13.5. The van der Waals surface area contributed by atoms with Crippen LogP contribution >= 0.6 is 11.6 Å². The highest BCUT2D eigenvalue weighted by atomic mass is 35.5. The van der Waals surface area contributed by atoms with Gasteiger partial charge in [-0.2, -0.15) is 0 Å². The Hall–Kier alpha value is -2.79. The van der Waals surface area contributed by atoms with Gasteiger partial charge in [0.25, 0.3) is 0 Å². The number of hydrogen-bond acceptors (Lipinski definition) is 7. The lowest BCUT2D eigenvalue weighted by atomic mass is 9.84. The summed E-state index contributed by atoms with van der Waals surface area (Å²) >= 11 is 4.00. The Morgan fingerprint density at radius 3 is 2.81 bits per heavy atom.